The first-order chi connectivity index (χ1) is 24.0. The summed E-state index contributed by atoms with van der Waals surface area (Å²) in [6, 6.07) is 9.15. The van der Waals surface area contributed by atoms with Crippen LogP contribution in [0.3, 0.4) is 0 Å². The van der Waals surface area contributed by atoms with Crippen molar-refractivity contribution in [1.82, 2.24) is 0 Å². The van der Waals surface area contributed by atoms with Gasteiger partial charge >= 0.3 is 35.8 Å². The van der Waals surface area contributed by atoms with Crippen LogP contribution in [0, 0.1) is 0 Å². The van der Waals surface area contributed by atoms with Gasteiger partial charge in [0.15, 0.2) is 43.1 Å². The third-order valence-electron chi connectivity index (χ3n) is 7.61. The van der Waals surface area contributed by atoms with E-state index in [2.05, 4.69) is 0 Å². The molecule has 3 saturated heterocycles. The van der Waals surface area contributed by atoms with Crippen LogP contribution in [-0.2, 0) is 92.2 Å². The highest BCUT2D eigenvalue weighted by Crippen LogP contribution is 2.41. The van der Waals surface area contributed by atoms with Gasteiger partial charge in [-0.2, -0.15) is 0 Å². The number of benzene rings is 1. The smallest absolute Gasteiger partial charge is 0.303 e. The molecule has 18 heteroatoms. The normalized spacial score (nSPS) is 32.8. The molecule has 282 valence electrons. The fourth-order valence-electron chi connectivity index (χ4n) is 5.72. The van der Waals surface area contributed by atoms with E-state index in [1.54, 1.807) is 0 Å². The van der Waals surface area contributed by atoms with E-state index >= 15 is 0 Å². The number of rotatable bonds is 13. The molecule has 0 aliphatic carbocycles. The molecule has 0 N–H and O–H groups in total. The van der Waals surface area contributed by atoms with Crippen LogP contribution in [0.1, 0.15) is 54.0 Å². The quantitative estimate of drug-likeness (QED) is 0.205. The van der Waals surface area contributed by atoms with E-state index in [-0.39, 0.29) is 6.61 Å². The second-order valence-electron chi connectivity index (χ2n) is 11.9. The number of ether oxygens (including phenoxy) is 12. The van der Waals surface area contributed by atoms with E-state index < -0.39 is 116 Å². The Morgan fingerprint density at radius 2 is 1.12 bits per heavy atom. The Bertz CT molecular complexity index is 1420. The molecule has 0 bridgehead atoms. The van der Waals surface area contributed by atoms with Crippen LogP contribution in [0.5, 0.6) is 0 Å². The minimum absolute atomic E-state index is 0.0660. The first kappa shape index (κ1) is 39.6. The highest BCUT2D eigenvalue weighted by atomic mass is 16.9. The van der Waals surface area contributed by atoms with Crippen molar-refractivity contribution in [2.45, 2.75) is 122 Å². The molecule has 3 aliphatic heterocycles. The van der Waals surface area contributed by atoms with Crippen molar-refractivity contribution in [2.24, 2.45) is 0 Å². The van der Waals surface area contributed by atoms with E-state index in [1.807, 2.05) is 30.3 Å². The molecule has 51 heavy (non-hydrogen) atoms. The molecule has 11 atom stereocenters. The average Bonchev–Trinajstić information content (AvgIpc) is 3.38. The summed E-state index contributed by atoms with van der Waals surface area (Å²) in [6.07, 6.45) is -14.2. The van der Waals surface area contributed by atoms with Crippen molar-refractivity contribution in [2.75, 3.05) is 13.2 Å². The molecule has 0 aromatic heterocycles. The third kappa shape index (κ3) is 10.9. The lowest BCUT2D eigenvalue weighted by Crippen LogP contribution is -2.66. The van der Waals surface area contributed by atoms with Gasteiger partial charge < -0.3 is 52.1 Å². The van der Waals surface area contributed by atoms with E-state index in [0.717, 1.165) is 47.1 Å². The molecule has 0 spiro atoms. The summed E-state index contributed by atoms with van der Waals surface area (Å²) >= 11 is 0. The zero-order valence-corrected chi connectivity index (χ0v) is 29.1. The molecule has 1 unspecified atom stereocenters. The van der Waals surface area contributed by atoms with E-state index in [1.165, 1.54) is 6.92 Å². The summed E-state index contributed by atoms with van der Waals surface area (Å²) in [6.45, 7) is 7.20. The Kier molecular flexibility index (Phi) is 13.5. The standard InChI is InChI=1S/C33H42O18/c1-16(34)40-14-23-25(43-18(3)36)27(44-19(4)37)29(46-21(6)39)31(47-23)49-26-24(15-41-17(2)35)48-32-30(28(26)45-20(5)38)50-33(7,51-32)42-13-22-11-9-8-10-12-22/h8-12,23-32H,13-15H2,1-7H3/t23-,24-,25-,26-,27+,28+,29-,30+,31+,32+,33?/m1/s1. The van der Waals surface area contributed by atoms with Crippen molar-refractivity contribution >= 4 is 35.8 Å². The number of fused-ring (bicyclic) bond motifs is 1. The van der Waals surface area contributed by atoms with Crippen LogP contribution in [0.4, 0.5) is 0 Å². The molecule has 3 heterocycles. The van der Waals surface area contributed by atoms with Crippen LogP contribution >= 0.6 is 0 Å². The Labute approximate surface area is 293 Å². The highest BCUT2D eigenvalue weighted by Gasteiger charge is 2.61. The molecule has 1 aromatic carbocycles. The van der Waals surface area contributed by atoms with E-state index in [0.29, 0.717) is 0 Å². The van der Waals surface area contributed by atoms with Crippen molar-refractivity contribution in [3.05, 3.63) is 35.9 Å². The summed E-state index contributed by atoms with van der Waals surface area (Å²) in [5.74, 6) is -6.46. The molecular weight excluding hydrogens is 684 g/mol. The predicted molar refractivity (Wildman–Crippen MR) is 163 cm³/mol. The average molecular weight is 727 g/mol. The van der Waals surface area contributed by atoms with Crippen molar-refractivity contribution in [3.8, 4) is 0 Å². The summed E-state index contributed by atoms with van der Waals surface area (Å²) in [4.78, 5) is 73.1. The van der Waals surface area contributed by atoms with Gasteiger partial charge in [0, 0.05) is 48.5 Å². The van der Waals surface area contributed by atoms with Crippen LogP contribution in [0.2, 0.25) is 0 Å². The third-order valence-corrected chi connectivity index (χ3v) is 7.61. The van der Waals surface area contributed by atoms with Gasteiger partial charge in [-0.3, -0.25) is 33.5 Å². The SMILES string of the molecule is CC(=O)OC[C@H]1O[C@H]2OC(C)(OCc3ccccc3)O[C@H]2[C@@H](OC(C)=O)[C@@H]1O[C@@H]1O[C@H](COC(C)=O)[C@@H](OC(C)=O)[C@H](OC(C)=O)[C@H]1OC(C)=O. The topological polar surface area (TPSA) is 213 Å². The molecule has 3 aliphatic rings. The van der Waals surface area contributed by atoms with Crippen LogP contribution in [0.15, 0.2) is 30.3 Å². The van der Waals surface area contributed by atoms with Gasteiger partial charge in [-0.05, 0) is 5.56 Å². The lowest BCUT2D eigenvalue weighted by molar-refractivity contribution is -0.354. The Hall–Kier alpha value is -4.20. The highest BCUT2D eigenvalue weighted by molar-refractivity contribution is 5.69. The minimum atomic E-state index is -1.72. The molecule has 1 aromatic rings. The predicted octanol–water partition coefficient (Wildman–Crippen LogP) is 0.980. The number of hydrogen-bond donors (Lipinski definition) is 0. The van der Waals surface area contributed by atoms with Gasteiger partial charge in [-0.15, -0.1) is 0 Å². The largest absolute Gasteiger partial charge is 0.463 e. The van der Waals surface area contributed by atoms with Gasteiger partial charge in [0.05, 0.1) is 6.61 Å². The fourth-order valence-corrected chi connectivity index (χ4v) is 5.72. The fraction of sp³-hybridized carbons (Fsp3) is 0.636. The molecule has 18 nitrogen and oxygen atoms in total. The van der Waals surface area contributed by atoms with Crippen LogP contribution in [-0.4, -0.2) is 116 Å². The maximum Gasteiger partial charge on any atom is 0.303 e. The van der Waals surface area contributed by atoms with Crippen molar-refractivity contribution in [3.63, 3.8) is 0 Å². The number of carbonyl (C=O) groups is 6. The van der Waals surface area contributed by atoms with Gasteiger partial charge in [0.2, 0.25) is 0 Å². The van der Waals surface area contributed by atoms with Crippen molar-refractivity contribution in [1.29, 1.82) is 0 Å². The van der Waals surface area contributed by atoms with Gasteiger partial charge in [-0.1, -0.05) is 30.3 Å². The second-order valence-corrected chi connectivity index (χ2v) is 11.9. The van der Waals surface area contributed by atoms with Crippen LogP contribution in [0.25, 0.3) is 0 Å². The number of carbonyl (C=O) groups excluding carboxylic acids is 6. The lowest BCUT2D eigenvalue weighted by Gasteiger charge is -2.47. The monoisotopic (exact) mass is 726 g/mol. The maximum atomic E-state index is 12.5. The molecule has 4 rings (SSSR count). The molecule has 0 saturated carbocycles. The van der Waals surface area contributed by atoms with E-state index in [4.69, 9.17) is 56.8 Å². The maximum absolute atomic E-state index is 12.5. The van der Waals surface area contributed by atoms with Crippen molar-refractivity contribution < 1.29 is 85.6 Å². The Balaban J connectivity index is 1.72. The van der Waals surface area contributed by atoms with Gasteiger partial charge in [0.25, 0.3) is 5.97 Å². The Morgan fingerprint density at radius 1 is 0.608 bits per heavy atom. The van der Waals surface area contributed by atoms with Gasteiger partial charge in [-0.25, -0.2) is 0 Å². The Morgan fingerprint density at radius 3 is 1.67 bits per heavy atom. The lowest BCUT2D eigenvalue weighted by atomic mass is 9.96. The zero-order chi connectivity index (χ0) is 37.5. The molecular formula is C33H42O18. The second kappa shape index (κ2) is 17.3. The zero-order valence-electron chi connectivity index (χ0n) is 29.1. The summed E-state index contributed by atoms with van der Waals surface area (Å²) in [5, 5.41) is 0. The number of esters is 6. The summed E-state index contributed by atoms with van der Waals surface area (Å²) in [5.41, 5.74) is 0.802. The summed E-state index contributed by atoms with van der Waals surface area (Å²) in [7, 11) is 0. The molecule has 3 fully saturated rings. The first-order valence-electron chi connectivity index (χ1n) is 16.0. The minimum Gasteiger partial charge on any atom is -0.463 e. The first-order valence-corrected chi connectivity index (χ1v) is 16.0. The van der Waals surface area contributed by atoms with Crippen LogP contribution < -0.4 is 0 Å². The van der Waals surface area contributed by atoms with Gasteiger partial charge in [0.1, 0.15) is 31.5 Å². The molecule has 0 radical (unpaired) electrons. The summed E-state index contributed by atoms with van der Waals surface area (Å²) < 4.78 is 69.2. The molecule has 0 amide bonds. The van der Waals surface area contributed by atoms with E-state index in [9.17, 15) is 28.8 Å². The number of hydrogen-bond acceptors (Lipinski definition) is 18.